The maximum atomic E-state index is 12.4. The Labute approximate surface area is 134 Å². The zero-order chi connectivity index (χ0) is 15.0. The Hall–Kier alpha value is -1.85. The van der Waals surface area contributed by atoms with E-state index in [1.165, 1.54) is 11.3 Å². The van der Waals surface area contributed by atoms with Gasteiger partial charge in [-0.1, -0.05) is 34.1 Å². The van der Waals surface area contributed by atoms with Crippen molar-refractivity contribution in [2.24, 2.45) is 0 Å². The SMILES string of the molecule is Cc1cccc2c(N)c(C(=O)Nc3ccc(Br)cc3)sc12. The number of hydrogen-bond acceptors (Lipinski definition) is 3. The van der Waals surface area contributed by atoms with E-state index in [1.54, 1.807) is 0 Å². The predicted molar refractivity (Wildman–Crippen MR) is 93.1 cm³/mol. The molecule has 0 unspecified atom stereocenters. The van der Waals surface area contributed by atoms with Crippen LogP contribution in [0.2, 0.25) is 0 Å². The third-order valence-electron chi connectivity index (χ3n) is 3.26. The van der Waals surface area contributed by atoms with E-state index in [4.69, 9.17) is 5.73 Å². The molecular weight excluding hydrogens is 348 g/mol. The molecule has 0 saturated heterocycles. The highest BCUT2D eigenvalue weighted by Gasteiger charge is 2.17. The lowest BCUT2D eigenvalue weighted by Crippen LogP contribution is -2.11. The van der Waals surface area contributed by atoms with Gasteiger partial charge in [-0.25, -0.2) is 0 Å². The van der Waals surface area contributed by atoms with Gasteiger partial charge in [0.05, 0.1) is 5.69 Å². The molecular formula is C16H13BrN2OS. The number of anilines is 2. The zero-order valence-electron chi connectivity index (χ0n) is 11.3. The summed E-state index contributed by atoms with van der Waals surface area (Å²) in [6.07, 6.45) is 0. The van der Waals surface area contributed by atoms with Crippen LogP contribution in [0.5, 0.6) is 0 Å². The van der Waals surface area contributed by atoms with Crippen LogP contribution in [0, 0.1) is 6.92 Å². The molecule has 1 amide bonds. The largest absolute Gasteiger partial charge is 0.397 e. The van der Waals surface area contributed by atoms with E-state index in [1.807, 2.05) is 49.4 Å². The lowest BCUT2D eigenvalue weighted by Gasteiger charge is -2.04. The molecule has 0 aliphatic carbocycles. The summed E-state index contributed by atoms with van der Waals surface area (Å²) in [6.45, 7) is 2.02. The number of nitrogens with two attached hydrogens (primary N) is 1. The third kappa shape index (κ3) is 2.66. The second-order valence-electron chi connectivity index (χ2n) is 4.76. The second-order valence-corrected chi connectivity index (χ2v) is 6.69. The maximum absolute atomic E-state index is 12.4. The first-order valence-corrected chi connectivity index (χ1v) is 8.01. The Kier molecular flexibility index (Phi) is 3.69. The highest BCUT2D eigenvalue weighted by Crippen LogP contribution is 2.35. The number of nitrogen functional groups attached to an aromatic ring is 1. The molecule has 21 heavy (non-hydrogen) atoms. The van der Waals surface area contributed by atoms with Crippen molar-refractivity contribution in [1.82, 2.24) is 0 Å². The molecule has 3 N–H and O–H groups in total. The Balaban J connectivity index is 1.96. The van der Waals surface area contributed by atoms with Crippen molar-refractivity contribution in [2.45, 2.75) is 6.92 Å². The molecule has 1 aromatic heterocycles. The molecule has 0 atom stereocenters. The van der Waals surface area contributed by atoms with Crippen molar-refractivity contribution in [2.75, 3.05) is 11.1 Å². The number of amides is 1. The van der Waals surface area contributed by atoms with Crippen LogP contribution in [0.3, 0.4) is 0 Å². The molecule has 5 heteroatoms. The molecule has 3 aromatic rings. The first kappa shape index (κ1) is 14.1. The lowest BCUT2D eigenvalue weighted by molar-refractivity contribution is 0.103. The molecule has 0 aliphatic rings. The first-order valence-electron chi connectivity index (χ1n) is 6.41. The van der Waals surface area contributed by atoms with Crippen LogP contribution in [-0.2, 0) is 0 Å². The van der Waals surface area contributed by atoms with Crippen molar-refractivity contribution in [3.63, 3.8) is 0 Å². The van der Waals surface area contributed by atoms with E-state index in [-0.39, 0.29) is 5.91 Å². The van der Waals surface area contributed by atoms with Crippen LogP contribution in [0.1, 0.15) is 15.2 Å². The Morgan fingerprint density at radius 1 is 1.19 bits per heavy atom. The first-order chi connectivity index (χ1) is 10.1. The van der Waals surface area contributed by atoms with Gasteiger partial charge < -0.3 is 11.1 Å². The average molecular weight is 361 g/mol. The van der Waals surface area contributed by atoms with E-state index in [2.05, 4.69) is 21.2 Å². The minimum Gasteiger partial charge on any atom is -0.397 e. The zero-order valence-corrected chi connectivity index (χ0v) is 13.7. The van der Waals surface area contributed by atoms with Gasteiger partial charge in [0, 0.05) is 20.2 Å². The van der Waals surface area contributed by atoms with Gasteiger partial charge in [0.1, 0.15) is 4.88 Å². The summed E-state index contributed by atoms with van der Waals surface area (Å²) in [5, 5.41) is 3.82. The number of nitrogens with one attached hydrogen (secondary N) is 1. The summed E-state index contributed by atoms with van der Waals surface area (Å²) >= 11 is 4.80. The molecule has 3 rings (SSSR count). The van der Waals surface area contributed by atoms with Gasteiger partial charge in [0.25, 0.3) is 5.91 Å². The summed E-state index contributed by atoms with van der Waals surface area (Å²) < 4.78 is 2.04. The minimum absolute atomic E-state index is 0.171. The molecule has 3 nitrogen and oxygen atoms in total. The van der Waals surface area contributed by atoms with Crippen molar-refractivity contribution in [3.05, 3.63) is 57.4 Å². The van der Waals surface area contributed by atoms with Crippen LogP contribution in [-0.4, -0.2) is 5.91 Å². The number of benzene rings is 2. The fourth-order valence-corrected chi connectivity index (χ4v) is 3.52. The number of carbonyl (C=O) groups is 1. The molecule has 0 radical (unpaired) electrons. The highest BCUT2D eigenvalue weighted by atomic mass is 79.9. The predicted octanol–water partition coefficient (Wildman–Crippen LogP) is 4.81. The van der Waals surface area contributed by atoms with Crippen molar-refractivity contribution in [3.8, 4) is 0 Å². The standard InChI is InChI=1S/C16H13BrN2OS/c1-9-3-2-4-12-13(18)15(21-14(9)12)16(20)19-11-7-5-10(17)6-8-11/h2-8H,18H2,1H3,(H,19,20). The van der Waals surface area contributed by atoms with Gasteiger partial charge in [-0.15, -0.1) is 11.3 Å². The number of carbonyl (C=O) groups excluding carboxylic acids is 1. The quantitative estimate of drug-likeness (QED) is 0.688. The molecule has 106 valence electrons. The van der Waals surface area contributed by atoms with Crippen LogP contribution < -0.4 is 11.1 Å². The maximum Gasteiger partial charge on any atom is 0.267 e. The lowest BCUT2D eigenvalue weighted by atomic mass is 10.1. The number of aryl methyl sites for hydroxylation is 1. The molecule has 0 aliphatic heterocycles. The molecule has 0 saturated carbocycles. The fourth-order valence-electron chi connectivity index (χ4n) is 2.17. The van der Waals surface area contributed by atoms with E-state index in [0.717, 1.165) is 25.8 Å². The topological polar surface area (TPSA) is 55.1 Å². The van der Waals surface area contributed by atoms with Crippen LogP contribution in [0.25, 0.3) is 10.1 Å². The van der Waals surface area contributed by atoms with Gasteiger partial charge in [0.15, 0.2) is 0 Å². The summed E-state index contributed by atoms with van der Waals surface area (Å²) in [5.74, 6) is -0.171. The number of fused-ring (bicyclic) bond motifs is 1. The van der Waals surface area contributed by atoms with Crippen molar-refractivity contribution < 1.29 is 4.79 Å². The summed E-state index contributed by atoms with van der Waals surface area (Å²) in [6, 6.07) is 13.4. The van der Waals surface area contributed by atoms with Gasteiger partial charge in [-0.2, -0.15) is 0 Å². The summed E-state index contributed by atoms with van der Waals surface area (Å²) in [5.41, 5.74) is 8.56. The van der Waals surface area contributed by atoms with Gasteiger partial charge >= 0.3 is 0 Å². The minimum atomic E-state index is -0.171. The summed E-state index contributed by atoms with van der Waals surface area (Å²) in [4.78, 5) is 13.0. The number of thiophene rings is 1. The van der Waals surface area contributed by atoms with E-state index >= 15 is 0 Å². The van der Waals surface area contributed by atoms with Crippen LogP contribution in [0.15, 0.2) is 46.9 Å². The van der Waals surface area contributed by atoms with E-state index < -0.39 is 0 Å². The van der Waals surface area contributed by atoms with Gasteiger partial charge in [-0.3, -0.25) is 4.79 Å². The number of halogens is 1. The van der Waals surface area contributed by atoms with Gasteiger partial charge in [0.2, 0.25) is 0 Å². The van der Waals surface area contributed by atoms with Gasteiger partial charge in [-0.05, 0) is 36.8 Å². The van der Waals surface area contributed by atoms with E-state index in [0.29, 0.717) is 10.6 Å². The highest BCUT2D eigenvalue weighted by molar-refractivity contribution is 9.10. The Morgan fingerprint density at radius 3 is 2.57 bits per heavy atom. The normalized spacial score (nSPS) is 10.8. The monoisotopic (exact) mass is 360 g/mol. The fraction of sp³-hybridized carbons (Fsp3) is 0.0625. The third-order valence-corrected chi connectivity index (χ3v) is 5.14. The Morgan fingerprint density at radius 2 is 1.90 bits per heavy atom. The molecule has 0 bridgehead atoms. The van der Waals surface area contributed by atoms with Crippen molar-refractivity contribution in [1.29, 1.82) is 0 Å². The number of rotatable bonds is 2. The number of hydrogen-bond donors (Lipinski definition) is 2. The van der Waals surface area contributed by atoms with Crippen LogP contribution >= 0.6 is 27.3 Å². The van der Waals surface area contributed by atoms with Crippen LogP contribution in [0.4, 0.5) is 11.4 Å². The Bertz CT molecular complexity index is 824. The molecule has 2 aromatic carbocycles. The molecule has 0 spiro atoms. The van der Waals surface area contributed by atoms with E-state index in [9.17, 15) is 4.79 Å². The summed E-state index contributed by atoms with van der Waals surface area (Å²) in [7, 11) is 0. The molecule has 0 fully saturated rings. The average Bonchev–Trinajstić information content (AvgIpc) is 2.81. The molecule has 1 heterocycles. The smallest absolute Gasteiger partial charge is 0.267 e. The van der Waals surface area contributed by atoms with Crippen molar-refractivity contribution >= 4 is 54.6 Å². The second kappa shape index (κ2) is 5.50.